The molecule has 4 nitrogen and oxygen atoms in total. The average molecular weight is 261 g/mol. The molecular formula is C13H13ClN4. The summed E-state index contributed by atoms with van der Waals surface area (Å²) in [4.78, 5) is 0. The Morgan fingerprint density at radius 1 is 1.44 bits per heavy atom. The first-order valence-corrected chi connectivity index (χ1v) is 6.08. The van der Waals surface area contributed by atoms with Gasteiger partial charge in [0.15, 0.2) is 0 Å². The predicted octanol–water partition coefficient (Wildman–Crippen LogP) is 2.91. The first-order valence-electron chi connectivity index (χ1n) is 5.70. The van der Waals surface area contributed by atoms with Gasteiger partial charge in [0.1, 0.15) is 0 Å². The van der Waals surface area contributed by atoms with Crippen molar-refractivity contribution in [2.45, 2.75) is 13.0 Å². The fraction of sp³-hybridized carbons (Fsp3) is 0.231. The van der Waals surface area contributed by atoms with Crippen molar-refractivity contribution in [1.82, 2.24) is 9.78 Å². The largest absolute Gasteiger partial charge is 0.384 e. The lowest BCUT2D eigenvalue weighted by Crippen LogP contribution is -2.07. The van der Waals surface area contributed by atoms with Crippen LogP contribution in [0.25, 0.3) is 0 Å². The number of aromatic nitrogens is 2. The maximum Gasteiger partial charge on any atom is 0.0992 e. The van der Waals surface area contributed by atoms with Crippen LogP contribution in [0.3, 0.4) is 0 Å². The summed E-state index contributed by atoms with van der Waals surface area (Å²) in [5, 5.41) is 16.7. The minimum atomic E-state index is 0.571. The molecule has 0 radical (unpaired) electrons. The molecule has 5 heteroatoms. The van der Waals surface area contributed by atoms with E-state index in [0.29, 0.717) is 10.6 Å². The van der Waals surface area contributed by atoms with Crippen molar-refractivity contribution in [3.63, 3.8) is 0 Å². The minimum Gasteiger partial charge on any atom is -0.384 e. The Bertz CT molecular complexity index is 543. The van der Waals surface area contributed by atoms with Gasteiger partial charge >= 0.3 is 0 Å². The molecule has 18 heavy (non-hydrogen) atoms. The molecule has 0 aliphatic carbocycles. The minimum absolute atomic E-state index is 0.571. The Balaban J connectivity index is 1.82. The topological polar surface area (TPSA) is 53.6 Å². The lowest BCUT2D eigenvalue weighted by atomic mass is 10.2. The van der Waals surface area contributed by atoms with Crippen LogP contribution in [0.1, 0.15) is 12.0 Å². The second-order valence-corrected chi connectivity index (χ2v) is 4.26. The molecule has 92 valence electrons. The molecule has 0 saturated carbocycles. The third kappa shape index (κ3) is 3.25. The van der Waals surface area contributed by atoms with Crippen LogP contribution < -0.4 is 5.32 Å². The van der Waals surface area contributed by atoms with Gasteiger partial charge in [-0.05, 0) is 30.7 Å². The Kier molecular flexibility index (Phi) is 4.21. The SMILES string of the molecule is N#Cc1ccc(NCCCn2cccn2)c(Cl)c1. The van der Waals surface area contributed by atoms with Gasteiger partial charge in [-0.15, -0.1) is 0 Å². The van der Waals surface area contributed by atoms with Gasteiger partial charge in [0.2, 0.25) is 0 Å². The van der Waals surface area contributed by atoms with Gasteiger partial charge in [-0.3, -0.25) is 4.68 Å². The zero-order valence-corrected chi connectivity index (χ0v) is 10.6. The van der Waals surface area contributed by atoms with E-state index in [2.05, 4.69) is 16.5 Å². The summed E-state index contributed by atoms with van der Waals surface area (Å²) < 4.78 is 1.89. The summed E-state index contributed by atoms with van der Waals surface area (Å²) in [5.74, 6) is 0. The highest BCUT2D eigenvalue weighted by atomic mass is 35.5. The fourth-order valence-corrected chi connectivity index (χ4v) is 1.87. The number of nitrogens with zero attached hydrogens (tertiary/aromatic N) is 3. The van der Waals surface area contributed by atoms with E-state index in [-0.39, 0.29) is 0 Å². The zero-order valence-electron chi connectivity index (χ0n) is 9.81. The molecule has 0 saturated heterocycles. The number of benzene rings is 1. The van der Waals surface area contributed by atoms with E-state index in [1.807, 2.05) is 23.0 Å². The first kappa shape index (κ1) is 12.5. The number of hydrogen-bond acceptors (Lipinski definition) is 3. The van der Waals surface area contributed by atoms with Gasteiger partial charge in [-0.1, -0.05) is 11.6 Å². The van der Waals surface area contributed by atoms with Crippen LogP contribution in [0.5, 0.6) is 0 Å². The number of hydrogen-bond donors (Lipinski definition) is 1. The zero-order chi connectivity index (χ0) is 12.8. The summed E-state index contributed by atoms with van der Waals surface area (Å²) in [6.07, 6.45) is 4.66. The monoisotopic (exact) mass is 260 g/mol. The van der Waals surface area contributed by atoms with E-state index in [0.717, 1.165) is 25.2 Å². The van der Waals surface area contributed by atoms with Crippen molar-refractivity contribution >= 4 is 17.3 Å². The Morgan fingerprint density at radius 3 is 3.00 bits per heavy atom. The molecule has 2 aromatic rings. The lowest BCUT2D eigenvalue weighted by Gasteiger charge is -2.08. The second-order valence-electron chi connectivity index (χ2n) is 3.86. The molecule has 2 rings (SSSR count). The predicted molar refractivity (Wildman–Crippen MR) is 71.5 cm³/mol. The van der Waals surface area contributed by atoms with E-state index < -0.39 is 0 Å². The molecule has 1 heterocycles. The van der Waals surface area contributed by atoms with Gasteiger partial charge in [-0.25, -0.2) is 0 Å². The summed E-state index contributed by atoms with van der Waals surface area (Å²) >= 11 is 6.06. The molecule has 1 N–H and O–H groups in total. The van der Waals surface area contributed by atoms with Crippen LogP contribution in [-0.2, 0) is 6.54 Å². The van der Waals surface area contributed by atoms with Gasteiger partial charge in [-0.2, -0.15) is 10.4 Å². The second kappa shape index (κ2) is 6.08. The molecule has 0 fully saturated rings. The summed E-state index contributed by atoms with van der Waals surface area (Å²) in [6.45, 7) is 1.68. The summed E-state index contributed by atoms with van der Waals surface area (Å²) in [6, 6.07) is 9.21. The van der Waals surface area contributed by atoms with Crippen LogP contribution in [0.2, 0.25) is 5.02 Å². The van der Waals surface area contributed by atoms with Gasteiger partial charge in [0.05, 0.1) is 22.3 Å². The molecule has 0 unspecified atom stereocenters. The van der Waals surface area contributed by atoms with Gasteiger partial charge in [0.25, 0.3) is 0 Å². The van der Waals surface area contributed by atoms with Crippen molar-refractivity contribution in [3.8, 4) is 6.07 Å². The van der Waals surface area contributed by atoms with Crippen LogP contribution in [0.4, 0.5) is 5.69 Å². The lowest BCUT2D eigenvalue weighted by molar-refractivity contribution is 0.592. The van der Waals surface area contributed by atoms with Crippen molar-refractivity contribution in [1.29, 1.82) is 5.26 Å². The standard InChI is InChI=1S/C13H13ClN4/c14-12-9-11(10-15)3-4-13(12)16-5-1-7-18-8-2-6-17-18/h2-4,6,8-9,16H,1,5,7H2. The molecule has 0 aliphatic heterocycles. The molecule has 0 bridgehead atoms. The molecule has 0 aliphatic rings. The summed E-state index contributed by atoms with van der Waals surface area (Å²) in [5.41, 5.74) is 1.43. The number of nitrogens with one attached hydrogen (secondary N) is 1. The number of anilines is 1. The number of aryl methyl sites for hydroxylation is 1. The van der Waals surface area contributed by atoms with Crippen LogP contribution in [-0.4, -0.2) is 16.3 Å². The fourth-order valence-electron chi connectivity index (χ4n) is 1.62. The van der Waals surface area contributed by atoms with Gasteiger partial charge < -0.3 is 5.32 Å². The Morgan fingerprint density at radius 2 is 2.33 bits per heavy atom. The van der Waals surface area contributed by atoms with Crippen molar-refractivity contribution in [2.75, 3.05) is 11.9 Å². The number of nitriles is 1. The van der Waals surface area contributed by atoms with E-state index in [1.54, 1.807) is 18.3 Å². The average Bonchev–Trinajstić information content (AvgIpc) is 2.89. The molecule has 1 aromatic carbocycles. The molecule has 1 aromatic heterocycles. The maximum absolute atomic E-state index is 8.73. The van der Waals surface area contributed by atoms with E-state index >= 15 is 0 Å². The Labute approximate surface area is 111 Å². The number of halogens is 1. The van der Waals surface area contributed by atoms with E-state index in [1.165, 1.54) is 0 Å². The highest BCUT2D eigenvalue weighted by molar-refractivity contribution is 6.33. The van der Waals surface area contributed by atoms with Crippen LogP contribution in [0, 0.1) is 11.3 Å². The van der Waals surface area contributed by atoms with Crippen molar-refractivity contribution < 1.29 is 0 Å². The third-order valence-electron chi connectivity index (χ3n) is 2.54. The van der Waals surface area contributed by atoms with Crippen LogP contribution in [0.15, 0.2) is 36.7 Å². The quantitative estimate of drug-likeness (QED) is 0.841. The Hall–Kier alpha value is -1.99. The molecular weight excluding hydrogens is 248 g/mol. The van der Waals surface area contributed by atoms with Crippen molar-refractivity contribution in [3.05, 3.63) is 47.2 Å². The molecule has 0 amide bonds. The highest BCUT2D eigenvalue weighted by Gasteiger charge is 2.01. The summed E-state index contributed by atoms with van der Waals surface area (Å²) in [7, 11) is 0. The molecule has 0 spiro atoms. The van der Waals surface area contributed by atoms with Gasteiger partial charge in [0, 0.05) is 25.5 Å². The molecule has 0 atom stereocenters. The smallest absolute Gasteiger partial charge is 0.0992 e. The first-order chi connectivity index (χ1) is 8.79. The third-order valence-corrected chi connectivity index (χ3v) is 2.85. The van der Waals surface area contributed by atoms with E-state index in [4.69, 9.17) is 16.9 Å². The highest BCUT2D eigenvalue weighted by Crippen LogP contribution is 2.22. The number of rotatable bonds is 5. The van der Waals surface area contributed by atoms with Crippen molar-refractivity contribution in [2.24, 2.45) is 0 Å². The van der Waals surface area contributed by atoms with Crippen LogP contribution >= 0.6 is 11.6 Å². The maximum atomic E-state index is 8.73. The van der Waals surface area contributed by atoms with E-state index in [9.17, 15) is 0 Å². The normalized spacial score (nSPS) is 10.0.